The third kappa shape index (κ3) is 1.40. The van der Waals surface area contributed by atoms with Crippen molar-refractivity contribution in [3.05, 3.63) is 37.3 Å². The third-order valence-corrected chi connectivity index (χ3v) is 3.09. The van der Waals surface area contributed by atoms with Gasteiger partial charge in [-0.2, -0.15) is 0 Å². The van der Waals surface area contributed by atoms with Gasteiger partial charge in [-0.15, -0.1) is 0 Å². The lowest BCUT2D eigenvalue weighted by molar-refractivity contribution is 0.689. The summed E-state index contributed by atoms with van der Waals surface area (Å²) in [6.07, 6.45) is 0. The molecular weight excluding hydrogens is 236 g/mol. The maximum Gasteiger partial charge on any atom is 0.332 e. The lowest BCUT2D eigenvalue weighted by atomic mass is 10.2. The molecule has 2 aromatic heterocycles. The molecule has 0 amide bonds. The molecule has 0 spiro atoms. The first-order valence-electron chi connectivity index (χ1n) is 5.37. The van der Waals surface area contributed by atoms with E-state index in [4.69, 9.17) is 0 Å². The topological polar surface area (TPSA) is 78.0 Å². The molecule has 0 fully saturated rings. The van der Waals surface area contributed by atoms with E-state index in [1.807, 2.05) is 0 Å². The molecule has 2 rings (SSSR count). The number of hydrogen-bond donors (Lipinski definition) is 1. The Labute approximate surface area is 102 Å². The number of nitrogens with zero attached hydrogens (tertiary/aromatic N) is 3. The largest absolute Gasteiger partial charge is 0.387 e. The Balaban J connectivity index is 3.31. The first-order chi connectivity index (χ1) is 8.40. The zero-order valence-corrected chi connectivity index (χ0v) is 10.6. The summed E-state index contributed by atoms with van der Waals surface area (Å²) in [5.74, 6) is 0. The fraction of sp³-hybridized carbons (Fsp3) is 0.364. The van der Waals surface area contributed by atoms with E-state index in [9.17, 15) is 14.4 Å². The highest BCUT2D eigenvalue weighted by Crippen LogP contribution is 2.14. The first kappa shape index (κ1) is 12.2. The van der Waals surface area contributed by atoms with Crippen LogP contribution in [0.4, 0.5) is 5.69 Å². The molecule has 7 heteroatoms. The number of aromatic nitrogens is 3. The highest BCUT2D eigenvalue weighted by atomic mass is 16.2. The Hall–Kier alpha value is -2.31. The van der Waals surface area contributed by atoms with Crippen LogP contribution in [0.25, 0.3) is 11.0 Å². The van der Waals surface area contributed by atoms with Crippen molar-refractivity contribution in [2.24, 2.45) is 21.1 Å². The van der Waals surface area contributed by atoms with Crippen LogP contribution >= 0.6 is 0 Å². The lowest BCUT2D eigenvalue weighted by Gasteiger charge is -2.13. The summed E-state index contributed by atoms with van der Waals surface area (Å²) >= 11 is 0. The van der Waals surface area contributed by atoms with Crippen molar-refractivity contribution in [1.29, 1.82) is 0 Å². The van der Waals surface area contributed by atoms with E-state index in [-0.39, 0.29) is 5.56 Å². The fourth-order valence-corrected chi connectivity index (χ4v) is 2.06. The second kappa shape index (κ2) is 3.86. The van der Waals surface area contributed by atoms with Gasteiger partial charge in [0.15, 0.2) is 0 Å². The fourth-order valence-electron chi connectivity index (χ4n) is 2.06. The van der Waals surface area contributed by atoms with Gasteiger partial charge in [-0.3, -0.25) is 23.3 Å². The standard InChI is InChI=1S/C11H14N4O3/c1-12-6-5-7(16)13(2)9-8(6)10(17)15(4)11(18)14(9)3/h5,12H,1-4H3. The van der Waals surface area contributed by atoms with Gasteiger partial charge in [-0.05, 0) is 0 Å². The minimum atomic E-state index is -0.462. The Morgan fingerprint density at radius 1 is 1.00 bits per heavy atom. The molecule has 1 N–H and O–H groups in total. The van der Waals surface area contributed by atoms with Crippen LogP contribution in [0.1, 0.15) is 0 Å². The van der Waals surface area contributed by atoms with E-state index >= 15 is 0 Å². The van der Waals surface area contributed by atoms with Gasteiger partial charge in [0.05, 0.1) is 5.69 Å². The third-order valence-electron chi connectivity index (χ3n) is 3.09. The van der Waals surface area contributed by atoms with Crippen molar-refractivity contribution in [3.63, 3.8) is 0 Å². The SMILES string of the molecule is CNc1cc(=O)n(C)c2c1c(=O)n(C)c(=O)n2C. The van der Waals surface area contributed by atoms with Crippen molar-refractivity contribution in [1.82, 2.24) is 13.7 Å². The van der Waals surface area contributed by atoms with Gasteiger partial charge >= 0.3 is 5.69 Å². The van der Waals surface area contributed by atoms with E-state index in [2.05, 4.69) is 5.32 Å². The average Bonchev–Trinajstić information content (AvgIpc) is 2.36. The van der Waals surface area contributed by atoms with E-state index in [0.717, 1.165) is 4.57 Å². The van der Waals surface area contributed by atoms with Crippen LogP contribution in [-0.4, -0.2) is 20.7 Å². The first-order valence-corrected chi connectivity index (χ1v) is 5.37. The molecule has 2 aromatic rings. The van der Waals surface area contributed by atoms with Gasteiger partial charge in [0.25, 0.3) is 11.1 Å². The molecule has 0 saturated heterocycles. The summed E-state index contributed by atoms with van der Waals surface area (Å²) in [5.41, 5.74) is -0.442. The highest BCUT2D eigenvalue weighted by Gasteiger charge is 2.15. The zero-order chi connectivity index (χ0) is 13.6. The Bertz CT molecular complexity index is 810. The molecular formula is C11H14N4O3. The van der Waals surface area contributed by atoms with Gasteiger partial charge in [-0.1, -0.05) is 0 Å². The number of nitrogens with one attached hydrogen (secondary N) is 1. The van der Waals surface area contributed by atoms with E-state index in [0.29, 0.717) is 16.7 Å². The Morgan fingerprint density at radius 3 is 2.17 bits per heavy atom. The van der Waals surface area contributed by atoms with E-state index in [1.165, 1.54) is 36.3 Å². The van der Waals surface area contributed by atoms with Crippen molar-refractivity contribution in [3.8, 4) is 0 Å². The second-order valence-corrected chi connectivity index (χ2v) is 4.11. The molecule has 0 aromatic carbocycles. The van der Waals surface area contributed by atoms with Crippen LogP contribution < -0.4 is 22.1 Å². The predicted octanol–water partition coefficient (Wildman–Crippen LogP) is -1.02. The van der Waals surface area contributed by atoms with Gasteiger partial charge in [0.1, 0.15) is 11.0 Å². The molecule has 0 aliphatic heterocycles. The second-order valence-electron chi connectivity index (χ2n) is 4.11. The molecule has 7 nitrogen and oxygen atoms in total. The van der Waals surface area contributed by atoms with Crippen LogP contribution in [0.3, 0.4) is 0 Å². The van der Waals surface area contributed by atoms with Gasteiger partial charge < -0.3 is 5.32 Å². The molecule has 0 radical (unpaired) electrons. The van der Waals surface area contributed by atoms with E-state index in [1.54, 1.807) is 7.05 Å². The normalized spacial score (nSPS) is 10.9. The number of aryl methyl sites for hydroxylation is 2. The summed E-state index contributed by atoms with van der Waals surface area (Å²) < 4.78 is 3.60. The van der Waals surface area contributed by atoms with Gasteiger partial charge in [-0.25, -0.2) is 4.79 Å². The van der Waals surface area contributed by atoms with Crippen LogP contribution in [0.15, 0.2) is 20.4 Å². The highest BCUT2D eigenvalue weighted by molar-refractivity contribution is 5.88. The van der Waals surface area contributed by atoms with Crippen molar-refractivity contribution in [2.45, 2.75) is 0 Å². The molecule has 0 aliphatic carbocycles. The summed E-state index contributed by atoms with van der Waals surface area (Å²) in [6.45, 7) is 0. The van der Waals surface area contributed by atoms with Crippen LogP contribution in [0, 0.1) is 0 Å². The smallest absolute Gasteiger partial charge is 0.332 e. The Kier molecular flexibility index (Phi) is 2.61. The maximum absolute atomic E-state index is 12.1. The molecule has 18 heavy (non-hydrogen) atoms. The van der Waals surface area contributed by atoms with Gasteiger partial charge in [0.2, 0.25) is 0 Å². The van der Waals surface area contributed by atoms with Crippen LogP contribution in [0.5, 0.6) is 0 Å². The van der Waals surface area contributed by atoms with Crippen molar-refractivity contribution in [2.75, 3.05) is 12.4 Å². The molecule has 0 unspecified atom stereocenters. The Morgan fingerprint density at radius 2 is 1.61 bits per heavy atom. The number of anilines is 1. The minimum absolute atomic E-state index is 0.282. The quantitative estimate of drug-likeness (QED) is 0.702. The van der Waals surface area contributed by atoms with E-state index < -0.39 is 11.2 Å². The van der Waals surface area contributed by atoms with Crippen LogP contribution in [0.2, 0.25) is 0 Å². The number of pyridine rings is 1. The molecule has 96 valence electrons. The predicted molar refractivity (Wildman–Crippen MR) is 69.2 cm³/mol. The number of fused-ring (bicyclic) bond motifs is 1. The lowest BCUT2D eigenvalue weighted by Crippen LogP contribution is -2.39. The minimum Gasteiger partial charge on any atom is -0.387 e. The number of rotatable bonds is 1. The molecule has 2 heterocycles. The molecule has 0 aliphatic rings. The summed E-state index contributed by atoms with van der Waals surface area (Å²) in [5, 5.41) is 3.13. The van der Waals surface area contributed by atoms with Gasteiger partial charge in [0, 0.05) is 34.3 Å². The van der Waals surface area contributed by atoms with Crippen LogP contribution in [-0.2, 0) is 21.1 Å². The van der Waals surface area contributed by atoms with Crippen molar-refractivity contribution >= 4 is 16.7 Å². The maximum atomic E-state index is 12.1. The molecule has 0 bridgehead atoms. The molecule has 0 atom stereocenters. The monoisotopic (exact) mass is 250 g/mol. The van der Waals surface area contributed by atoms with Crippen molar-refractivity contribution < 1.29 is 0 Å². The molecule has 0 saturated carbocycles. The summed E-state index contributed by atoms with van der Waals surface area (Å²) in [7, 11) is 6.10. The summed E-state index contributed by atoms with van der Waals surface area (Å²) in [4.78, 5) is 35.8. The zero-order valence-electron chi connectivity index (χ0n) is 10.6. The average molecular weight is 250 g/mol. The number of hydrogen-bond acceptors (Lipinski definition) is 4. The summed E-state index contributed by atoms with van der Waals surface area (Å²) in [6, 6.07) is 1.34.